The van der Waals surface area contributed by atoms with E-state index in [-0.39, 0.29) is 23.3 Å². The van der Waals surface area contributed by atoms with Gasteiger partial charge in [-0.15, -0.1) is 0 Å². The molecule has 0 aromatic heterocycles. The topological polar surface area (TPSA) is 142 Å². The second kappa shape index (κ2) is 10.4. The number of sulfonamides is 1. The Kier molecular flexibility index (Phi) is 7.14. The highest BCUT2D eigenvalue weighted by Gasteiger charge is 2.18. The van der Waals surface area contributed by atoms with Crippen molar-refractivity contribution in [2.24, 2.45) is 10.9 Å². The van der Waals surface area contributed by atoms with Gasteiger partial charge in [-0.2, -0.15) is 0 Å². The van der Waals surface area contributed by atoms with Crippen molar-refractivity contribution in [1.29, 1.82) is 5.41 Å². The van der Waals surface area contributed by atoms with E-state index in [9.17, 15) is 13.2 Å². The van der Waals surface area contributed by atoms with E-state index in [1.54, 1.807) is 65.6 Å². The molecular weight excluding hydrogens is 474 g/mol. The molecule has 9 heteroatoms. The molecule has 36 heavy (non-hydrogen) atoms. The van der Waals surface area contributed by atoms with Crippen LogP contribution in [-0.2, 0) is 16.6 Å². The number of benzene rings is 4. The van der Waals surface area contributed by atoms with E-state index < -0.39 is 10.0 Å². The largest absolute Gasteiger partial charge is 0.384 e. The van der Waals surface area contributed by atoms with Crippen molar-refractivity contribution >= 4 is 33.3 Å². The van der Waals surface area contributed by atoms with Gasteiger partial charge in [-0.1, -0.05) is 66.7 Å². The van der Waals surface area contributed by atoms with Gasteiger partial charge in [0.1, 0.15) is 5.84 Å². The minimum Gasteiger partial charge on any atom is -0.384 e. The first kappa shape index (κ1) is 24.6. The van der Waals surface area contributed by atoms with Crippen LogP contribution in [0.3, 0.4) is 0 Å². The van der Waals surface area contributed by atoms with Gasteiger partial charge in [-0.05, 0) is 47.5 Å². The standard InChI is InChI=1S/C27H25N5O3S/c28-26(29)21-8-6-7-19(17-21)18-32(23-9-2-1-3-10-23)27(33)31-22-15-13-20(14-16-22)24-11-4-5-12-25(24)36(30,34)35/h1-17H,18H2,(H3,28,29)(H,31,33)(H2,30,34,35). The Morgan fingerprint density at radius 3 is 2.19 bits per heavy atom. The Labute approximate surface area is 209 Å². The molecule has 0 fully saturated rings. The molecule has 0 aliphatic carbocycles. The summed E-state index contributed by atoms with van der Waals surface area (Å²) in [6.45, 7) is 0.261. The Morgan fingerprint density at radius 1 is 0.861 bits per heavy atom. The third-order valence-corrected chi connectivity index (χ3v) is 6.50. The predicted octanol–water partition coefficient (Wildman–Crippen LogP) is 4.52. The number of hydrogen-bond acceptors (Lipinski definition) is 4. The normalized spacial score (nSPS) is 11.0. The maximum atomic E-state index is 13.3. The molecule has 0 aliphatic rings. The van der Waals surface area contributed by atoms with Gasteiger partial charge in [0, 0.05) is 22.5 Å². The van der Waals surface area contributed by atoms with Crippen LogP contribution in [0.15, 0.2) is 108 Å². The van der Waals surface area contributed by atoms with Crippen molar-refractivity contribution in [2.75, 3.05) is 10.2 Å². The van der Waals surface area contributed by atoms with Crippen molar-refractivity contribution < 1.29 is 13.2 Å². The van der Waals surface area contributed by atoms with Gasteiger partial charge in [-0.25, -0.2) is 18.4 Å². The molecule has 0 saturated heterocycles. The van der Waals surface area contributed by atoms with Crippen LogP contribution in [0, 0.1) is 5.41 Å². The minimum atomic E-state index is -3.89. The molecule has 0 aliphatic heterocycles. The highest BCUT2D eigenvalue weighted by atomic mass is 32.2. The Hall–Kier alpha value is -4.47. The molecule has 6 N–H and O–H groups in total. The molecule has 0 atom stereocenters. The number of primary sulfonamides is 1. The SMILES string of the molecule is N=C(N)c1cccc(CN(C(=O)Nc2ccc(-c3ccccc3S(N)(=O)=O)cc2)c2ccccc2)c1. The molecular formula is C27H25N5O3S. The summed E-state index contributed by atoms with van der Waals surface area (Å²) >= 11 is 0. The summed E-state index contributed by atoms with van der Waals surface area (Å²) in [5, 5.41) is 15.9. The number of para-hydroxylation sites is 1. The number of carbonyl (C=O) groups is 1. The van der Waals surface area contributed by atoms with Gasteiger partial charge in [0.25, 0.3) is 0 Å². The van der Waals surface area contributed by atoms with Gasteiger partial charge in [0.15, 0.2) is 0 Å². The van der Waals surface area contributed by atoms with E-state index in [1.807, 2.05) is 36.4 Å². The second-order valence-electron chi connectivity index (χ2n) is 8.08. The zero-order chi connectivity index (χ0) is 25.7. The number of hydrogen-bond donors (Lipinski definition) is 4. The lowest BCUT2D eigenvalue weighted by molar-refractivity contribution is 0.256. The fourth-order valence-corrected chi connectivity index (χ4v) is 4.55. The average Bonchev–Trinajstić information content (AvgIpc) is 2.88. The van der Waals surface area contributed by atoms with E-state index in [2.05, 4.69) is 5.32 Å². The summed E-state index contributed by atoms with van der Waals surface area (Å²) in [5.74, 6) is -0.0448. The van der Waals surface area contributed by atoms with Gasteiger partial charge >= 0.3 is 6.03 Å². The molecule has 4 aromatic rings. The van der Waals surface area contributed by atoms with Crippen LogP contribution in [0.25, 0.3) is 11.1 Å². The first-order chi connectivity index (χ1) is 17.2. The highest BCUT2D eigenvalue weighted by molar-refractivity contribution is 7.89. The summed E-state index contributed by atoms with van der Waals surface area (Å²) in [6, 6.07) is 29.4. The van der Waals surface area contributed by atoms with Crippen LogP contribution in [0.1, 0.15) is 11.1 Å². The molecule has 2 amide bonds. The maximum Gasteiger partial charge on any atom is 0.326 e. The third kappa shape index (κ3) is 5.77. The van der Waals surface area contributed by atoms with E-state index in [0.29, 0.717) is 28.1 Å². The maximum absolute atomic E-state index is 13.3. The van der Waals surface area contributed by atoms with E-state index in [4.69, 9.17) is 16.3 Å². The number of nitrogens with one attached hydrogen (secondary N) is 2. The Morgan fingerprint density at radius 2 is 1.53 bits per heavy atom. The van der Waals surface area contributed by atoms with E-state index in [1.165, 1.54) is 6.07 Å². The number of amides is 2. The molecule has 0 radical (unpaired) electrons. The van der Waals surface area contributed by atoms with Crippen LogP contribution in [-0.4, -0.2) is 20.3 Å². The van der Waals surface area contributed by atoms with Crippen molar-refractivity contribution in [3.63, 3.8) is 0 Å². The number of anilines is 2. The molecule has 182 valence electrons. The highest BCUT2D eigenvalue weighted by Crippen LogP contribution is 2.28. The van der Waals surface area contributed by atoms with Crippen molar-refractivity contribution in [3.05, 3.63) is 114 Å². The zero-order valence-electron chi connectivity index (χ0n) is 19.3. The predicted molar refractivity (Wildman–Crippen MR) is 142 cm³/mol. The number of nitrogens with two attached hydrogens (primary N) is 2. The van der Waals surface area contributed by atoms with Crippen LogP contribution in [0.4, 0.5) is 16.2 Å². The fourth-order valence-electron chi connectivity index (χ4n) is 3.79. The Bertz CT molecular complexity index is 1500. The van der Waals surface area contributed by atoms with Crippen molar-refractivity contribution in [2.45, 2.75) is 11.4 Å². The van der Waals surface area contributed by atoms with Gasteiger partial charge in [-0.3, -0.25) is 10.3 Å². The molecule has 0 heterocycles. The first-order valence-electron chi connectivity index (χ1n) is 11.0. The van der Waals surface area contributed by atoms with Crippen molar-refractivity contribution in [1.82, 2.24) is 0 Å². The molecule has 0 bridgehead atoms. The minimum absolute atomic E-state index is 0.0322. The summed E-state index contributed by atoms with van der Waals surface area (Å²) in [7, 11) is -3.89. The van der Waals surface area contributed by atoms with E-state index >= 15 is 0 Å². The molecule has 0 saturated carbocycles. The molecule has 8 nitrogen and oxygen atoms in total. The van der Waals surface area contributed by atoms with Crippen LogP contribution < -0.4 is 21.1 Å². The number of nitrogens with zero attached hydrogens (tertiary/aromatic N) is 1. The summed E-state index contributed by atoms with van der Waals surface area (Å²) in [5.41, 5.74) is 9.39. The monoisotopic (exact) mass is 499 g/mol. The number of nitrogen functional groups attached to an aromatic ring is 1. The number of rotatable bonds is 7. The first-order valence-corrected chi connectivity index (χ1v) is 12.6. The third-order valence-electron chi connectivity index (χ3n) is 5.53. The van der Waals surface area contributed by atoms with E-state index in [0.717, 1.165) is 5.56 Å². The lowest BCUT2D eigenvalue weighted by Crippen LogP contribution is -2.34. The molecule has 0 unspecified atom stereocenters. The second-order valence-corrected chi connectivity index (χ2v) is 9.61. The number of carbonyl (C=O) groups excluding carboxylic acids is 1. The number of urea groups is 1. The van der Waals surface area contributed by atoms with Gasteiger partial charge < -0.3 is 11.1 Å². The van der Waals surface area contributed by atoms with Crippen LogP contribution >= 0.6 is 0 Å². The zero-order valence-corrected chi connectivity index (χ0v) is 20.1. The summed E-state index contributed by atoms with van der Waals surface area (Å²) in [6.07, 6.45) is 0. The smallest absolute Gasteiger partial charge is 0.326 e. The number of amidine groups is 1. The molecule has 4 aromatic carbocycles. The summed E-state index contributed by atoms with van der Waals surface area (Å²) < 4.78 is 23.9. The van der Waals surface area contributed by atoms with Gasteiger partial charge in [0.05, 0.1) is 11.4 Å². The van der Waals surface area contributed by atoms with Crippen LogP contribution in [0.5, 0.6) is 0 Å². The molecule has 4 rings (SSSR count). The molecule has 0 spiro atoms. The fraction of sp³-hybridized carbons (Fsp3) is 0.0370. The van der Waals surface area contributed by atoms with Gasteiger partial charge in [0.2, 0.25) is 10.0 Å². The Balaban J connectivity index is 1.59. The van der Waals surface area contributed by atoms with Crippen LogP contribution in [0.2, 0.25) is 0 Å². The van der Waals surface area contributed by atoms with Crippen molar-refractivity contribution in [3.8, 4) is 11.1 Å². The lowest BCUT2D eigenvalue weighted by Gasteiger charge is -2.24. The summed E-state index contributed by atoms with van der Waals surface area (Å²) in [4.78, 5) is 14.9. The lowest BCUT2D eigenvalue weighted by atomic mass is 10.1. The quantitative estimate of drug-likeness (QED) is 0.219. The average molecular weight is 500 g/mol.